The van der Waals surface area contributed by atoms with Crippen LogP contribution >= 0.6 is 0 Å². The van der Waals surface area contributed by atoms with Crippen molar-refractivity contribution < 1.29 is 0 Å². The molecule has 0 amide bonds. The van der Waals surface area contributed by atoms with Gasteiger partial charge in [-0.25, -0.2) is 0 Å². The molecule has 1 N–H and O–H groups in total. The van der Waals surface area contributed by atoms with Gasteiger partial charge < -0.3 is 15.1 Å². The van der Waals surface area contributed by atoms with Crippen LogP contribution in [-0.4, -0.2) is 44.2 Å². The molecule has 0 unspecified atom stereocenters. The van der Waals surface area contributed by atoms with Crippen molar-refractivity contribution in [3.63, 3.8) is 0 Å². The summed E-state index contributed by atoms with van der Waals surface area (Å²) in [6.07, 6.45) is 1.22. The van der Waals surface area contributed by atoms with Gasteiger partial charge >= 0.3 is 0 Å². The highest BCUT2D eigenvalue weighted by molar-refractivity contribution is 5.70. The standard InChI is InChI=1S/C15H25N3/c1-3-17(4-2)12-13-18-11-7-10-16-14-8-5-6-9-15(14)18/h5-6,8-9,16H,3-4,7,10-13H2,1-2H3. The molecule has 100 valence electrons. The van der Waals surface area contributed by atoms with Crippen LogP contribution in [0.5, 0.6) is 0 Å². The molecule has 3 heteroatoms. The third kappa shape index (κ3) is 3.16. The molecule has 3 nitrogen and oxygen atoms in total. The van der Waals surface area contributed by atoms with Crippen LogP contribution in [0.3, 0.4) is 0 Å². The molecule has 0 saturated heterocycles. The van der Waals surface area contributed by atoms with E-state index in [1.807, 2.05) is 0 Å². The third-order valence-corrected chi connectivity index (χ3v) is 3.75. The lowest BCUT2D eigenvalue weighted by molar-refractivity contribution is 0.309. The average molecular weight is 247 g/mol. The summed E-state index contributed by atoms with van der Waals surface area (Å²) >= 11 is 0. The Morgan fingerprint density at radius 2 is 2.00 bits per heavy atom. The quantitative estimate of drug-likeness (QED) is 0.863. The highest BCUT2D eigenvalue weighted by atomic mass is 15.2. The van der Waals surface area contributed by atoms with E-state index in [2.05, 4.69) is 53.2 Å². The van der Waals surface area contributed by atoms with Gasteiger partial charge in [-0.15, -0.1) is 0 Å². The number of nitrogens with zero attached hydrogens (tertiary/aromatic N) is 2. The second kappa shape index (κ2) is 6.64. The highest BCUT2D eigenvalue weighted by Crippen LogP contribution is 2.27. The molecule has 1 heterocycles. The van der Waals surface area contributed by atoms with Crippen LogP contribution in [0, 0.1) is 0 Å². The van der Waals surface area contributed by atoms with Gasteiger partial charge in [0.2, 0.25) is 0 Å². The second-order valence-electron chi connectivity index (χ2n) is 4.81. The maximum Gasteiger partial charge on any atom is 0.0602 e. The first-order chi connectivity index (χ1) is 8.85. The fourth-order valence-corrected chi connectivity index (χ4v) is 2.55. The Morgan fingerprint density at radius 3 is 2.78 bits per heavy atom. The summed E-state index contributed by atoms with van der Waals surface area (Å²) in [6.45, 7) is 11.3. The summed E-state index contributed by atoms with van der Waals surface area (Å²) in [7, 11) is 0. The number of benzene rings is 1. The Bertz CT molecular complexity index is 361. The second-order valence-corrected chi connectivity index (χ2v) is 4.81. The molecule has 1 aromatic carbocycles. The summed E-state index contributed by atoms with van der Waals surface area (Å²) in [4.78, 5) is 5.01. The summed E-state index contributed by atoms with van der Waals surface area (Å²) < 4.78 is 0. The molecule has 0 radical (unpaired) electrons. The topological polar surface area (TPSA) is 18.5 Å². The minimum atomic E-state index is 1.08. The van der Waals surface area contributed by atoms with Crippen LogP contribution in [0.15, 0.2) is 24.3 Å². The molecular weight excluding hydrogens is 222 g/mol. The molecule has 18 heavy (non-hydrogen) atoms. The summed E-state index contributed by atoms with van der Waals surface area (Å²) in [5.74, 6) is 0. The Kier molecular flexibility index (Phi) is 4.88. The van der Waals surface area contributed by atoms with Gasteiger partial charge in [0, 0.05) is 26.2 Å². The van der Waals surface area contributed by atoms with Crippen molar-refractivity contribution in [2.75, 3.05) is 49.5 Å². The van der Waals surface area contributed by atoms with E-state index in [9.17, 15) is 0 Å². The van der Waals surface area contributed by atoms with Crippen LogP contribution < -0.4 is 10.2 Å². The zero-order valence-electron chi connectivity index (χ0n) is 11.7. The Morgan fingerprint density at radius 1 is 1.22 bits per heavy atom. The molecule has 1 aliphatic heterocycles. The van der Waals surface area contributed by atoms with Gasteiger partial charge in [0.15, 0.2) is 0 Å². The summed E-state index contributed by atoms with van der Waals surface area (Å²) in [6, 6.07) is 8.66. The van der Waals surface area contributed by atoms with E-state index in [0.717, 1.165) is 39.3 Å². The number of anilines is 2. The van der Waals surface area contributed by atoms with Crippen molar-refractivity contribution >= 4 is 11.4 Å². The smallest absolute Gasteiger partial charge is 0.0602 e. The van der Waals surface area contributed by atoms with Gasteiger partial charge in [-0.3, -0.25) is 0 Å². The normalized spacial score (nSPS) is 15.2. The first kappa shape index (κ1) is 13.2. The molecule has 0 fully saturated rings. The van der Waals surface area contributed by atoms with E-state index < -0.39 is 0 Å². The van der Waals surface area contributed by atoms with Gasteiger partial charge in [-0.05, 0) is 31.6 Å². The van der Waals surface area contributed by atoms with Crippen molar-refractivity contribution in [3.05, 3.63) is 24.3 Å². The summed E-state index contributed by atoms with van der Waals surface area (Å²) in [5.41, 5.74) is 2.65. The molecule has 0 aromatic heterocycles. The number of likely N-dealkylation sites (N-methyl/N-ethyl adjacent to an activating group) is 1. The average Bonchev–Trinajstić information content (AvgIpc) is 2.62. The molecular formula is C15H25N3. The zero-order valence-corrected chi connectivity index (χ0v) is 11.7. The minimum Gasteiger partial charge on any atom is -0.383 e. The molecule has 1 aliphatic rings. The van der Waals surface area contributed by atoms with Crippen molar-refractivity contribution in [1.29, 1.82) is 0 Å². The number of fused-ring (bicyclic) bond motifs is 1. The predicted molar refractivity (Wildman–Crippen MR) is 79.5 cm³/mol. The molecule has 2 rings (SSSR count). The Labute approximate surface area is 111 Å². The molecule has 0 atom stereocenters. The number of hydrogen-bond donors (Lipinski definition) is 1. The minimum absolute atomic E-state index is 1.08. The van der Waals surface area contributed by atoms with Crippen LogP contribution in [0.4, 0.5) is 11.4 Å². The first-order valence-electron chi connectivity index (χ1n) is 7.15. The maximum absolute atomic E-state index is 3.52. The molecule has 0 saturated carbocycles. The molecule has 0 spiro atoms. The number of para-hydroxylation sites is 2. The number of nitrogens with one attached hydrogen (secondary N) is 1. The van der Waals surface area contributed by atoms with Gasteiger partial charge in [-0.2, -0.15) is 0 Å². The van der Waals surface area contributed by atoms with Crippen molar-refractivity contribution in [3.8, 4) is 0 Å². The Balaban J connectivity index is 2.03. The SMILES string of the molecule is CCN(CC)CCN1CCCNc2ccccc21. The molecule has 1 aromatic rings. The van der Waals surface area contributed by atoms with Crippen LogP contribution in [0.25, 0.3) is 0 Å². The Hall–Kier alpha value is -1.22. The van der Waals surface area contributed by atoms with Gasteiger partial charge in [0.1, 0.15) is 0 Å². The molecule has 0 bridgehead atoms. The van der Waals surface area contributed by atoms with E-state index in [1.54, 1.807) is 0 Å². The predicted octanol–water partition coefficient (Wildman–Crippen LogP) is 2.65. The van der Waals surface area contributed by atoms with E-state index in [-0.39, 0.29) is 0 Å². The van der Waals surface area contributed by atoms with Crippen LogP contribution in [0.2, 0.25) is 0 Å². The van der Waals surface area contributed by atoms with E-state index in [1.165, 1.54) is 17.8 Å². The van der Waals surface area contributed by atoms with E-state index in [4.69, 9.17) is 0 Å². The fourth-order valence-electron chi connectivity index (χ4n) is 2.55. The van der Waals surface area contributed by atoms with Crippen molar-refractivity contribution in [2.24, 2.45) is 0 Å². The van der Waals surface area contributed by atoms with Gasteiger partial charge in [-0.1, -0.05) is 26.0 Å². The number of hydrogen-bond acceptors (Lipinski definition) is 3. The lowest BCUT2D eigenvalue weighted by Gasteiger charge is -2.27. The maximum atomic E-state index is 3.52. The van der Waals surface area contributed by atoms with E-state index >= 15 is 0 Å². The van der Waals surface area contributed by atoms with Crippen LogP contribution in [0.1, 0.15) is 20.3 Å². The number of rotatable bonds is 5. The summed E-state index contributed by atoms with van der Waals surface area (Å²) in [5, 5.41) is 3.52. The van der Waals surface area contributed by atoms with Crippen LogP contribution in [-0.2, 0) is 0 Å². The monoisotopic (exact) mass is 247 g/mol. The third-order valence-electron chi connectivity index (χ3n) is 3.75. The van der Waals surface area contributed by atoms with Crippen molar-refractivity contribution in [1.82, 2.24) is 4.90 Å². The lowest BCUT2D eigenvalue weighted by atomic mass is 10.2. The highest BCUT2D eigenvalue weighted by Gasteiger charge is 2.14. The van der Waals surface area contributed by atoms with E-state index in [0.29, 0.717) is 0 Å². The molecule has 0 aliphatic carbocycles. The largest absolute Gasteiger partial charge is 0.383 e. The fraction of sp³-hybridized carbons (Fsp3) is 0.600. The first-order valence-corrected chi connectivity index (χ1v) is 7.15. The lowest BCUT2D eigenvalue weighted by Crippen LogP contribution is -2.35. The van der Waals surface area contributed by atoms with Gasteiger partial charge in [0.25, 0.3) is 0 Å². The van der Waals surface area contributed by atoms with Crippen molar-refractivity contribution in [2.45, 2.75) is 20.3 Å². The van der Waals surface area contributed by atoms with Gasteiger partial charge in [0.05, 0.1) is 11.4 Å². The zero-order chi connectivity index (χ0) is 12.8.